The van der Waals surface area contributed by atoms with Gasteiger partial charge in [-0.15, -0.1) is 0 Å². The monoisotopic (exact) mass is 427 g/mol. The summed E-state index contributed by atoms with van der Waals surface area (Å²) in [5.74, 6) is 0.116. The summed E-state index contributed by atoms with van der Waals surface area (Å²) in [7, 11) is -3.70. The van der Waals surface area contributed by atoms with Gasteiger partial charge in [0, 0.05) is 17.5 Å². The minimum absolute atomic E-state index is 0.0807. The Morgan fingerprint density at radius 2 is 1.66 bits per heavy atom. The van der Waals surface area contributed by atoms with Gasteiger partial charge < -0.3 is 9.73 Å². The maximum atomic E-state index is 12.4. The van der Waals surface area contributed by atoms with Crippen molar-refractivity contribution in [1.29, 1.82) is 0 Å². The first-order valence-corrected chi connectivity index (χ1v) is 10.3. The summed E-state index contributed by atoms with van der Waals surface area (Å²) in [6.07, 6.45) is 4.30. The molecule has 0 fully saturated rings. The molecule has 0 saturated carbocycles. The van der Waals surface area contributed by atoms with Crippen LogP contribution in [0.4, 0.5) is 11.4 Å². The molecule has 0 atom stereocenters. The summed E-state index contributed by atoms with van der Waals surface area (Å²) in [6, 6.07) is 18.0. The van der Waals surface area contributed by atoms with E-state index in [2.05, 4.69) is 15.4 Å². The van der Waals surface area contributed by atoms with Crippen LogP contribution in [-0.2, 0) is 14.8 Å². The minimum Gasteiger partial charge on any atom is -0.465 e. The highest BCUT2D eigenvalue weighted by molar-refractivity contribution is 7.92. The smallest absolute Gasteiger partial charge is 0.261 e. The molecule has 1 amide bonds. The van der Waals surface area contributed by atoms with Gasteiger partial charge in [0.15, 0.2) is 5.11 Å². The SMILES string of the molecule is O=C(C=Cc1ccco1)NC(=S)Nc1ccc(S(=O)(=O)Nc2ccccc2)cc1. The van der Waals surface area contributed by atoms with Gasteiger partial charge in [-0.3, -0.25) is 14.8 Å². The fraction of sp³-hybridized carbons (Fsp3) is 0. The lowest BCUT2D eigenvalue weighted by Crippen LogP contribution is -2.32. The van der Waals surface area contributed by atoms with Crippen LogP contribution in [0.1, 0.15) is 5.76 Å². The van der Waals surface area contributed by atoms with E-state index >= 15 is 0 Å². The number of hydrogen-bond acceptors (Lipinski definition) is 5. The molecule has 0 bridgehead atoms. The maximum Gasteiger partial charge on any atom is 0.261 e. The molecule has 3 aromatic rings. The lowest BCUT2D eigenvalue weighted by atomic mass is 10.3. The van der Waals surface area contributed by atoms with E-state index in [1.54, 1.807) is 54.6 Å². The van der Waals surface area contributed by atoms with Crippen LogP contribution in [0.3, 0.4) is 0 Å². The number of amides is 1. The van der Waals surface area contributed by atoms with Gasteiger partial charge in [0.05, 0.1) is 11.2 Å². The summed E-state index contributed by atoms with van der Waals surface area (Å²) < 4.78 is 32.4. The van der Waals surface area contributed by atoms with Gasteiger partial charge >= 0.3 is 0 Å². The van der Waals surface area contributed by atoms with Gasteiger partial charge in [0.2, 0.25) is 5.91 Å². The van der Waals surface area contributed by atoms with E-state index in [1.165, 1.54) is 30.5 Å². The van der Waals surface area contributed by atoms with Crippen molar-refractivity contribution in [2.45, 2.75) is 4.90 Å². The molecule has 0 aliphatic rings. The summed E-state index contributed by atoms with van der Waals surface area (Å²) in [6.45, 7) is 0. The number of carbonyl (C=O) groups is 1. The summed E-state index contributed by atoms with van der Waals surface area (Å²) in [4.78, 5) is 11.9. The van der Waals surface area contributed by atoms with Crippen molar-refractivity contribution in [3.63, 3.8) is 0 Å². The zero-order valence-electron chi connectivity index (χ0n) is 15.0. The molecule has 0 radical (unpaired) electrons. The Hall–Kier alpha value is -3.43. The topological polar surface area (TPSA) is 100 Å². The number of sulfonamides is 1. The van der Waals surface area contributed by atoms with E-state index in [4.69, 9.17) is 16.6 Å². The van der Waals surface area contributed by atoms with Crippen LogP contribution in [0.5, 0.6) is 0 Å². The fourth-order valence-electron chi connectivity index (χ4n) is 2.30. The summed E-state index contributed by atoms with van der Waals surface area (Å²) in [5, 5.41) is 5.39. The normalized spacial score (nSPS) is 11.2. The summed E-state index contributed by atoms with van der Waals surface area (Å²) >= 11 is 5.09. The lowest BCUT2D eigenvalue weighted by Gasteiger charge is -2.10. The first kappa shape index (κ1) is 20.3. The quantitative estimate of drug-likeness (QED) is 0.410. The van der Waals surface area contributed by atoms with Crippen molar-refractivity contribution in [3.8, 4) is 0 Å². The zero-order chi connectivity index (χ0) is 20.7. The van der Waals surface area contributed by atoms with E-state index in [0.717, 1.165) is 0 Å². The second-order valence-corrected chi connectivity index (χ2v) is 7.88. The third-order valence-electron chi connectivity index (χ3n) is 3.63. The summed E-state index contributed by atoms with van der Waals surface area (Å²) in [5.41, 5.74) is 1.00. The van der Waals surface area contributed by atoms with Gasteiger partial charge in [-0.05, 0) is 66.8 Å². The Bertz CT molecular complexity index is 1110. The van der Waals surface area contributed by atoms with Crippen LogP contribution in [0.15, 0.2) is 88.4 Å². The second-order valence-electron chi connectivity index (χ2n) is 5.79. The number of furan rings is 1. The molecule has 2 aromatic carbocycles. The van der Waals surface area contributed by atoms with E-state index in [1.807, 2.05) is 0 Å². The predicted molar refractivity (Wildman–Crippen MR) is 116 cm³/mol. The maximum absolute atomic E-state index is 12.4. The Morgan fingerprint density at radius 3 is 2.31 bits per heavy atom. The Morgan fingerprint density at radius 1 is 0.931 bits per heavy atom. The van der Waals surface area contributed by atoms with Gasteiger partial charge in [-0.2, -0.15) is 0 Å². The first-order chi connectivity index (χ1) is 13.9. The van der Waals surface area contributed by atoms with E-state index in [-0.39, 0.29) is 10.0 Å². The van der Waals surface area contributed by atoms with Gasteiger partial charge in [0.1, 0.15) is 5.76 Å². The number of rotatable bonds is 6. The van der Waals surface area contributed by atoms with Gasteiger partial charge in [-0.25, -0.2) is 8.42 Å². The molecule has 1 aromatic heterocycles. The van der Waals surface area contributed by atoms with Crippen LogP contribution in [0, 0.1) is 0 Å². The highest BCUT2D eigenvalue weighted by Gasteiger charge is 2.14. The average molecular weight is 428 g/mol. The molecule has 0 saturated heterocycles. The Labute approximate surface area is 173 Å². The molecule has 0 aliphatic heterocycles. The number of benzene rings is 2. The molecule has 3 N–H and O–H groups in total. The van der Waals surface area contributed by atoms with Crippen molar-refractivity contribution >= 4 is 50.7 Å². The third kappa shape index (κ3) is 6.03. The highest BCUT2D eigenvalue weighted by Crippen LogP contribution is 2.18. The van der Waals surface area contributed by atoms with Crippen molar-refractivity contribution < 1.29 is 17.6 Å². The van der Waals surface area contributed by atoms with Crippen LogP contribution < -0.4 is 15.4 Å². The zero-order valence-corrected chi connectivity index (χ0v) is 16.7. The lowest BCUT2D eigenvalue weighted by molar-refractivity contribution is -0.115. The number of anilines is 2. The number of hydrogen-bond donors (Lipinski definition) is 3. The van der Waals surface area contributed by atoms with Gasteiger partial charge in [-0.1, -0.05) is 18.2 Å². The minimum atomic E-state index is -3.70. The van der Waals surface area contributed by atoms with Crippen LogP contribution in [0.2, 0.25) is 0 Å². The molecule has 0 spiro atoms. The highest BCUT2D eigenvalue weighted by atomic mass is 32.2. The van der Waals surface area contributed by atoms with Crippen LogP contribution in [-0.4, -0.2) is 19.4 Å². The first-order valence-electron chi connectivity index (χ1n) is 8.44. The van der Waals surface area contributed by atoms with Crippen molar-refractivity contribution in [1.82, 2.24) is 5.32 Å². The van der Waals surface area contributed by atoms with E-state index in [0.29, 0.717) is 17.1 Å². The van der Waals surface area contributed by atoms with Crippen LogP contribution >= 0.6 is 12.2 Å². The van der Waals surface area contributed by atoms with E-state index < -0.39 is 15.9 Å². The molecule has 3 rings (SSSR count). The predicted octanol–water partition coefficient (Wildman–Crippen LogP) is 3.61. The van der Waals surface area contributed by atoms with Crippen molar-refractivity contribution in [3.05, 3.63) is 84.8 Å². The second kappa shape index (κ2) is 9.18. The molecular formula is C20H17N3O4S2. The third-order valence-corrected chi connectivity index (χ3v) is 5.23. The Balaban J connectivity index is 1.57. The molecular weight excluding hydrogens is 410 g/mol. The van der Waals surface area contributed by atoms with E-state index in [9.17, 15) is 13.2 Å². The van der Waals surface area contributed by atoms with Gasteiger partial charge in [0.25, 0.3) is 10.0 Å². The average Bonchev–Trinajstić information content (AvgIpc) is 3.21. The molecule has 7 nitrogen and oxygen atoms in total. The van der Waals surface area contributed by atoms with Crippen LogP contribution in [0.25, 0.3) is 6.08 Å². The standard InChI is InChI=1S/C20H17N3O4S2/c24-19(13-10-17-7-4-14-27-17)22-20(28)21-15-8-11-18(12-9-15)29(25,26)23-16-5-2-1-3-6-16/h1-14,23H,(H2,21,22,24,28). The molecule has 29 heavy (non-hydrogen) atoms. The molecule has 1 heterocycles. The largest absolute Gasteiger partial charge is 0.465 e. The number of nitrogens with one attached hydrogen (secondary N) is 3. The molecule has 148 valence electrons. The van der Waals surface area contributed by atoms with Crippen molar-refractivity contribution in [2.24, 2.45) is 0 Å². The Kier molecular flexibility index (Phi) is 6.43. The molecule has 0 aliphatic carbocycles. The van der Waals surface area contributed by atoms with Crippen molar-refractivity contribution in [2.75, 3.05) is 10.0 Å². The molecule has 9 heteroatoms. The molecule has 0 unspecified atom stereocenters. The number of carbonyl (C=O) groups excluding carboxylic acids is 1. The number of thiocarbonyl (C=S) groups is 1. The fourth-order valence-corrected chi connectivity index (χ4v) is 3.57. The number of para-hydroxylation sites is 1.